The smallest absolute Gasteiger partial charge is 0.184 e. The number of methoxy groups -OCH3 is 1. The van der Waals surface area contributed by atoms with Crippen molar-refractivity contribution in [2.45, 2.75) is 36.9 Å². The van der Waals surface area contributed by atoms with Gasteiger partial charge in [0.2, 0.25) is 0 Å². The number of hydrogen-bond acceptors (Lipinski definition) is 6. The zero-order chi connectivity index (χ0) is 14.1. The van der Waals surface area contributed by atoms with Gasteiger partial charge in [-0.25, -0.2) is 0 Å². The molecule has 2 aliphatic rings. The van der Waals surface area contributed by atoms with E-state index >= 15 is 0 Å². The van der Waals surface area contributed by atoms with Crippen LogP contribution in [0.25, 0.3) is 0 Å². The quantitative estimate of drug-likeness (QED) is 0.803. The Hall–Kier alpha value is -1.02. The first-order valence-corrected chi connectivity index (χ1v) is 6.64. The minimum Gasteiger partial charge on any atom is -0.388 e. The number of ether oxygens (including phenoxy) is 4. The van der Waals surface area contributed by atoms with Crippen LogP contribution in [-0.4, -0.2) is 49.5 Å². The maximum absolute atomic E-state index is 10.3. The fourth-order valence-corrected chi connectivity index (χ4v) is 2.60. The van der Waals surface area contributed by atoms with Crippen LogP contribution >= 0.6 is 0 Å². The highest BCUT2D eigenvalue weighted by atomic mass is 16.7. The van der Waals surface area contributed by atoms with Gasteiger partial charge < -0.3 is 29.8 Å². The Morgan fingerprint density at radius 1 is 1.25 bits per heavy atom. The molecule has 6 atom stereocenters. The van der Waals surface area contributed by atoms with Crippen LogP contribution in [0.2, 0.25) is 0 Å². The van der Waals surface area contributed by atoms with E-state index in [-0.39, 0.29) is 6.10 Å². The third-order valence-electron chi connectivity index (χ3n) is 3.72. The molecule has 20 heavy (non-hydrogen) atoms. The second-order valence-electron chi connectivity index (χ2n) is 5.02. The Morgan fingerprint density at radius 3 is 2.70 bits per heavy atom. The van der Waals surface area contributed by atoms with E-state index in [1.165, 1.54) is 7.11 Å². The van der Waals surface area contributed by atoms with E-state index < -0.39 is 30.8 Å². The van der Waals surface area contributed by atoms with E-state index in [2.05, 4.69) is 0 Å². The lowest BCUT2D eigenvalue weighted by Gasteiger charge is -2.46. The first-order chi connectivity index (χ1) is 9.70. The standard InChI is InChI=1S/C14H19NO5/c1-17-14-10(15)11(16)12-9(19-14)7-18-13(20-12)8-5-3-2-4-6-8/h2-6,9-14,16H,7,15H2,1H3/t9-,10-,11-,12-,13?,14-/m1/s1. The summed E-state index contributed by atoms with van der Waals surface area (Å²) in [5.74, 6) is 0. The predicted octanol–water partition coefficient (Wildman–Crippen LogP) is 0.160. The molecular weight excluding hydrogens is 262 g/mol. The Kier molecular flexibility index (Phi) is 4.02. The summed E-state index contributed by atoms with van der Waals surface area (Å²) in [6, 6.07) is 8.93. The van der Waals surface area contributed by atoms with Gasteiger partial charge >= 0.3 is 0 Å². The van der Waals surface area contributed by atoms with Crippen LogP contribution in [0, 0.1) is 0 Å². The molecule has 6 nitrogen and oxygen atoms in total. The summed E-state index contributed by atoms with van der Waals surface area (Å²) in [6.07, 6.45) is -2.91. The van der Waals surface area contributed by atoms with Crippen molar-refractivity contribution < 1.29 is 24.1 Å². The minimum absolute atomic E-state index is 0.327. The molecule has 0 radical (unpaired) electrons. The van der Waals surface area contributed by atoms with Gasteiger partial charge in [-0.3, -0.25) is 0 Å². The van der Waals surface area contributed by atoms with Crippen molar-refractivity contribution in [3.8, 4) is 0 Å². The molecule has 1 aromatic rings. The summed E-state index contributed by atoms with van der Waals surface area (Å²) in [5, 5.41) is 10.3. The first-order valence-electron chi connectivity index (χ1n) is 6.64. The number of nitrogens with two attached hydrogens (primary N) is 1. The number of aliphatic hydroxyl groups excluding tert-OH is 1. The Bertz CT molecular complexity index is 440. The van der Waals surface area contributed by atoms with Crippen molar-refractivity contribution >= 4 is 0 Å². The van der Waals surface area contributed by atoms with Crippen LogP contribution in [0.4, 0.5) is 0 Å². The zero-order valence-electron chi connectivity index (χ0n) is 11.2. The molecule has 2 aliphatic heterocycles. The van der Waals surface area contributed by atoms with Crippen molar-refractivity contribution in [1.82, 2.24) is 0 Å². The van der Waals surface area contributed by atoms with Crippen molar-refractivity contribution in [3.05, 3.63) is 35.9 Å². The summed E-state index contributed by atoms with van der Waals surface area (Å²) < 4.78 is 22.2. The van der Waals surface area contributed by atoms with Crippen LogP contribution in [0.1, 0.15) is 11.9 Å². The lowest BCUT2D eigenvalue weighted by molar-refractivity contribution is -0.339. The third-order valence-corrected chi connectivity index (χ3v) is 3.72. The van der Waals surface area contributed by atoms with E-state index in [0.29, 0.717) is 6.61 Å². The summed E-state index contributed by atoms with van der Waals surface area (Å²) in [7, 11) is 1.49. The fourth-order valence-electron chi connectivity index (χ4n) is 2.60. The predicted molar refractivity (Wildman–Crippen MR) is 69.7 cm³/mol. The maximum Gasteiger partial charge on any atom is 0.184 e. The van der Waals surface area contributed by atoms with Crippen LogP contribution in [0.3, 0.4) is 0 Å². The Balaban J connectivity index is 1.74. The average Bonchev–Trinajstić information content (AvgIpc) is 2.51. The lowest BCUT2D eigenvalue weighted by Crippen LogP contribution is -2.64. The molecule has 1 aromatic carbocycles. The molecular formula is C14H19NO5. The minimum atomic E-state index is -0.853. The van der Waals surface area contributed by atoms with Gasteiger partial charge in [-0.2, -0.15) is 0 Å². The number of hydrogen-bond donors (Lipinski definition) is 2. The van der Waals surface area contributed by atoms with Crippen molar-refractivity contribution in [3.63, 3.8) is 0 Å². The van der Waals surface area contributed by atoms with Gasteiger partial charge in [0, 0.05) is 12.7 Å². The summed E-state index contributed by atoms with van der Waals surface area (Å²) in [5.41, 5.74) is 6.81. The van der Waals surface area contributed by atoms with E-state index in [1.807, 2.05) is 30.3 Å². The second-order valence-corrected chi connectivity index (χ2v) is 5.02. The molecule has 3 N–H and O–H groups in total. The molecule has 1 unspecified atom stereocenters. The summed E-state index contributed by atoms with van der Waals surface area (Å²) in [4.78, 5) is 0. The average molecular weight is 281 g/mol. The molecule has 0 spiro atoms. The highest BCUT2D eigenvalue weighted by Gasteiger charge is 2.48. The molecule has 0 bridgehead atoms. The first kappa shape index (κ1) is 13.9. The monoisotopic (exact) mass is 281 g/mol. The van der Waals surface area contributed by atoms with Crippen LogP contribution < -0.4 is 5.73 Å². The zero-order valence-corrected chi connectivity index (χ0v) is 11.2. The van der Waals surface area contributed by atoms with Gasteiger partial charge in [0.1, 0.15) is 18.3 Å². The van der Waals surface area contributed by atoms with Gasteiger partial charge in [-0.05, 0) is 0 Å². The fraction of sp³-hybridized carbons (Fsp3) is 0.571. The molecule has 0 amide bonds. The SMILES string of the molecule is CO[C@@H]1O[C@@H]2COC(c3ccccc3)O[C@H]2[C@H](O)[C@H]1N. The number of benzene rings is 1. The molecule has 2 heterocycles. The van der Waals surface area contributed by atoms with E-state index in [4.69, 9.17) is 24.7 Å². The normalized spacial score (nSPS) is 41.1. The molecule has 2 saturated heterocycles. The topological polar surface area (TPSA) is 83.2 Å². The lowest BCUT2D eigenvalue weighted by atomic mass is 9.96. The third kappa shape index (κ3) is 2.46. The van der Waals surface area contributed by atoms with Crippen molar-refractivity contribution in [2.24, 2.45) is 5.73 Å². The maximum atomic E-state index is 10.3. The van der Waals surface area contributed by atoms with Gasteiger partial charge in [0.05, 0.1) is 12.6 Å². The van der Waals surface area contributed by atoms with Gasteiger partial charge in [-0.15, -0.1) is 0 Å². The molecule has 6 heteroatoms. The van der Waals surface area contributed by atoms with Gasteiger partial charge in [0.25, 0.3) is 0 Å². The van der Waals surface area contributed by atoms with Crippen molar-refractivity contribution in [2.75, 3.05) is 13.7 Å². The number of aliphatic hydroxyl groups is 1. The second kappa shape index (κ2) is 5.77. The van der Waals surface area contributed by atoms with Gasteiger partial charge in [0.15, 0.2) is 12.6 Å². The van der Waals surface area contributed by atoms with Crippen LogP contribution in [-0.2, 0) is 18.9 Å². The number of rotatable bonds is 2. The summed E-state index contributed by atoms with van der Waals surface area (Å²) >= 11 is 0. The highest BCUT2D eigenvalue weighted by molar-refractivity contribution is 5.16. The molecule has 0 saturated carbocycles. The highest BCUT2D eigenvalue weighted by Crippen LogP contribution is 2.33. The summed E-state index contributed by atoms with van der Waals surface area (Å²) in [6.45, 7) is 0.327. The largest absolute Gasteiger partial charge is 0.388 e. The molecule has 110 valence electrons. The molecule has 0 aliphatic carbocycles. The molecule has 2 fully saturated rings. The van der Waals surface area contributed by atoms with E-state index in [1.54, 1.807) is 0 Å². The van der Waals surface area contributed by atoms with Crippen LogP contribution in [0.5, 0.6) is 0 Å². The van der Waals surface area contributed by atoms with E-state index in [0.717, 1.165) is 5.56 Å². The Morgan fingerprint density at radius 2 is 2.00 bits per heavy atom. The molecule has 0 aromatic heterocycles. The number of fused-ring (bicyclic) bond motifs is 1. The van der Waals surface area contributed by atoms with Gasteiger partial charge in [-0.1, -0.05) is 30.3 Å². The molecule has 3 rings (SSSR count). The van der Waals surface area contributed by atoms with Crippen LogP contribution in [0.15, 0.2) is 30.3 Å². The van der Waals surface area contributed by atoms with Crippen molar-refractivity contribution in [1.29, 1.82) is 0 Å². The Labute approximate surface area is 117 Å². The van der Waals surface area contributed by atoms with E-state index in [9.17, 15) is 5.11 Å².